The van der Waals surface area contributed by atoms with E-state index in [0.29, 0.717) is 6.42 Å². The Labute approximate surface area is 93.6 Å². The molecule has 0 aliphatic carbocycles. The summed E-state index contributed by atoms with van der Waals surface area (Å²) < 4.78 is 0. The van der Waals surface area contributed by atoms with E-state index in [2.05, 4.69) is 5.32 Å². The molecule has 90 valence electrons. The summed E-state index contributed by atoms with van der Waals surface area (Å²) in [5.74, 6) is -1.92. The maximum atomic E-state index is 11.6. The van der Waals surface area contributed by atoms with Crippen molar-refractivity contribution in [2.24, 2.45) is 5.92 Å². The van der Waals surface area contributed by atoms with E-state index in [-0.39, 0.29) is 24.8 Å². The van der Waals surface area contributed by atoms with Gasteiger partial charge in [0.15, 0.2) is 0 Å². The SMILES string of the molecule is CNC(=O)C(C)N1CC(C(=O)O)CCC1=O. The second-order valence-electron chi connectivity index (χ2n) is 3.91. The van der Waals surface area contributed by atoms with Crippen molar-refractivity contribution in [1.29, 1.82) is 0 Å². The fourth-order valence-corrected chi connectivity index (χ4v) is 1.80. The van der Waals surface area contributed by atoms with Gasteiger partial charge in [0.25, 0.3) is 0 Å². The van der Waals surface area contributed by atoms with Gasteiger partial charge in [0.05, 0.1) is 5.92 Å². The average Bonchev–Trinajstić information content (AvgIpc) is 2.27. The minimum Gasteiger partial charge on any atom is -0.481 e. The van der Waals surface area contributed by atoms with Crippen molar-refractivity contribution in [3.63, 3.8) is 0 Å². The maximum Gasteiger partial charge on any atom is 0.308 e. The number of carbonyl (C=O) groups excluding carboxylic acids is 2. The molecule has 2 amide bonds. The molecule has 1 heterocycles. The molecule has 0 bridgehead atoms. The van der Waals surface area contributed by atoms with Crippen LogP contribution in [0.5, 0.6) is 0 Å². The molecular formula is C10H16N2O4. The topological polar surface area (TPSA) is 86.7 Å². The van der Waals surface area contributed by atoms with E-state index >= 15 is 0 Å². The first kappa shape index (κ1) is 12.5. The molecular weight excluding hydrogens is 212 g/mol. The lowest BCUT2D eigenvalue weighted by atomic mass is 9.96. The largest absolute Gasteiger partial charge is 0.481 e. The van der Waals surface area contributed by atoms with Crippen LogP contribution in [0.4, 0.5) is 0 Å². The minimum atomic E-state index is -0.915. The number of carbonyl (C=O) groups is 3. The lowest BCUT2D eigenvalue weighted by Crippen LogP contribution is -2.52. The van der Waals surface area contributed by atoms with Gasteiger partial charge >= 0.3 is 5.97 Å². The van der Waals surface area contributed by atoms with Gasteiger partial charge in [0.2, 0.25) is 11.8 Å². The van der Waals surface area contributed by atoms with Crippen molar-refractivity contribution in [2.75, 3.05) is 13.6 Å². The van der Waals surface area contributed by atoms with Crippen LogP contribution in [-0.4, -0.2) is 47.4 Å². The number of rotatable bonds is 3. The molecule has 0 spiro atoms. The van der Waals surface area contributed by atoms with Gasteiger partial charge in [-0.25, -0.2) is 0 Å². The van der Waals surface area contributed by atoms with Gasteiger partial charge in [-0.1, -0.05) is 0 Å². The molecule has 1 fully saturated rings. The fourth-order valence-electron chi connectivity index (χ4n) is 1.80. The number of hydrogen-bond acceptors (Lipinski definition) is 3. The van der Waals surface area contributed by atoms with Crippen molar-refractivity contribution in [1.82, 2.24) is 10.2 Å². The van der Waals surface area contributed by atoms with Crippen molar-refractivity contribution in [3.05, 3.63) is 0 Å². The van der Waals surface area contributed by atoms with Gasteiger partial charge in [-0.2, -0.15) is 0 Å². The minimum absolute atomic E-state index is 0.114. The molecule has 0 radical (unpaired) electrons. The van der Waals surface area contributed by atoms with Crippen molar-refractivity contribution >= 4 is 17.8 Å². The van der Waals surface area contributed by atoms with Crippen LogP contribution in [0, 0.1) is 5.92 Å². The van der Waals surface area contributed by atoms with Crippen molar-refractivity contribution < 1.29 is 19.5 Å². The number of amides is 2. The van der Waals surface area contributed by atoms with Crippen LogP contribution in [0.15, 0.2) is 0 Å². The lowest BCUT2D eigenvalue weighted by Gasteiger charge is -2.34. The number of piperidine rings is 1. The summed E-state index contributed by atoms with van der Waals surface area (Å²) in [7, 11) is 1.49. The Bertz CT molecular complexity index is 316. The van der Waals surface area contributed by atoms with Gasteiger partial charge < -0.3 is 15.3 Å². The first-order valence-electron chi connectivity index (χ1n) is 5.21. The van der Waals surface area contributed by atoms with Crippen LogP contribution >= 0.6 is 0 Å². The standard InChI is InChI=1S/C10H16N2O4/c1-6(9(14)11-2)12-5-7(10(15)16)3-4-8(12)13/h6-7H,3-5H2,1-2H3,(H,11,14)(H,15,16). The maximum absolute atomic E-state index is 11.6. The molecule has 1 rings (SSSR count). The van der Waals surface area contributed by atoms with E-state index in [1.54, 1.807) is 6.92 Å². The molecule has 16 heavy (non-hydrogen) atoms. The zero-order valence-corrected chi connectivity index (χ0v) is 9.40. The van der Waals surface area contributed by atoms with E-state index in [1.165, 1.54) is 11.9 Å². The highest BCUT2D eigenvalue weighted by molar-refractivity contribution is 5.88. The third kappa shape index (κ3) is 2.50. The summed E-state index contributed by atoms with van der Waals surface area (Å²) >= 11 is 0. The Balaban J connectivity index is 2.73. The highest BCUT2D eigenvalue weighted by Gasteiger charge is 2.34. The Morgan fingerprint density at radius 2 is 2.19 bits per heavy atom. The smallest absolute Gasteiger partial charge is 0.308 e. The molecule has 0 saturated carbocycles. The molecule has 1 aliphatic rings. The first-order valence-corrected chi connectivity index (χ1v) is 5.21. The number of hydrogen-bond donors (Lipinski definition) is 2. The number of nitrogens with one attached hydrogen (secondary N) is 1. The first-order chi connectivity index (χ1) is 7.47. The Morgan fingerprint density at radius 1 is 1.56 bits per heavy atom. The third-order valence-electron chi connectivity index (χ3n) is 2.89. The predicted octanol–water partition coefficient (Wildman–Crippen LogP) is -0.556. The molecule has 2 atom stereocenters. The second-order valence-corrected chi connectivity index (χ2v) is 3.91. The van der Waals surface area contributed by atoms with E-state index in [4.69, 9.17) is 5.11 Å². The highest BCUT2D eigenvalue weighted by Crippen LogP contribution is 2.19. The van der Waals surface area contributed by atoms with Crippen LogP contribution in [0.2, 0.25) is 0 Å². The van der Waals surface area contributed by atoms with Gasteiger partial charge in [0.1, 0.15) is 6.04 Å². The van der Waals surface area contributed by atoms with Crippen molar-refractivity contribution in [3.8, 4) is 0 Å². The zero-order chi connectivity index (χ0) is 12.3. The molecule has 2 unspecified atom stereocenters. The molecule has 0 aromatic carbocycles. The molecule has 0 aromatic heterocycles. The molecule has 2 N–H and O–H groups in total. The van der Waals surface area contributed by atoms with Crippen molar-refractivity contribution in [2.45, 2.75) is 25.8 Å². The molecule has 0 aromatic rings. The fraction of sp³-hybridized carbons (Fsp3) is 0.700. The third-order valence-corrected chi connectivity index (χ3v) is 2.89. The molecule has 6 nitrogen and oxygen atoms in total. The predicted molar refractivity (Wildman–Crippen MR) is 55.6 cm³/mol. The van der Waals surface area contributed by atoms with E-state index in [0.717, 1.165) is 0 Å². The summed E-state index contributed by atoms with van der Waals surface area (Å²) in [5.41, 5.74) is 0. The van der Waals surface area contributed by atoms with Crippen LogP contribution in [0.25, 0.3) is 0 Å². The average molecular weight is 228 g/mol. The number of aliphatic carboxylic acids is 1. The summed E-state index contributed by atoms with van der Waals surface area (Å²) in [4.78, 5) is 35.1. The summed E-state index contributed by atoms with van der Waals surface area (Å²) in [6.07, 6.45) is 0.545. The highest BCUT2D eigenvalue weighted by atomic mass is 16.4. The number of carboxylic acid groups (broad SMARTS) is 1. The van der Waals surface area contributed by atoms with Crippen LogP contribution < -0.4 is 5.32 Å². The Kier molecular flexibility index (Phi) is 3.87. The number of likely N-dealkylation sites (tertiary alicyclic amines) is 1. The zero-order valence-electron chi connectivity index (χ0n) is 9.40. The quantitative estimate of drug-likeness (QED) is 0.678. The summed E-state index contributed by atoms with van der Waals surface area (Å²) in [6, 6.07) is -0.611. The Morgan fingerprint density at radius 3 is 2.69 bits per heavy atom. The molecule has 1 aliphatic heterocycles. The van der Waals surface area contributed by atoms with Gasteiger partial charge in [-0.15, -0.1) is 0 Å². The molecule has 1 saturated heterocycles. The summed E-state index contributed by atoms with van der Waals surface area (Å²) in [6.45, 7) is 1.71. The number of likely N-dealkylation sites (N-methyl/N-ethyl adjacent to an activating group) is 1. The number of nitrogens with zero attached hydrogens (tertiary/aromatic N) is 1. The van der Waals surface area contributed by atoms with Crippen LogP contribution in [0.1, 0.15) is 19.8 Å². The Hall–Kier alpha value is -1.59. The molecule has 6 heteroatoms. The second kappa shape index (κ2) is 4.96. The number of carboxylic acids is 1. The van der Waals surface area contributed by atoms with Crippen LogP contribution in [-0.2, 0) is 14.4 Å². The van der Waals surface area contributed by atoms with E-state index in [1.807, 2.05) is 0 Å². The van der Waals surface area contributed by atoms with Gasteiger partial charge in [-0.3, -0.25) is 14.4 Å². The summed E-state index contributed by atoms with van der Waals surface area (Å²) in [5, 5.41) is 11.3. The van der Waals surface area contributed by atoms with Crippen LogP contribution in [0.3, 0.4) is 0 Å². The monoisotopic (exact) mass is 228 g/mol. The van der Waals surface area contributed by atoms with E-state index in [9.17, 15) is 14.4 Å². The van der Waals surface area contributed by atoms with E-state index < -0.39 is 17.9 Å². The van der Waals surface area contributed by atoms with Gasteiger partial charge in [0, 0.05) is 20.0 Å². The normalized spacial score (nSPS) is 22.8. The lowest BCUT2D eigenvalue weighted by molar-refractivity contribution is -0.151. The van der Waals surface area contributed by atoms with Gasteiger partial charge in [-0.05, 0) is 13.3 Å².